The van der Waals surface area contributed by atoms with Gasteiger partial charge in [-0.05, 0) is 13.8 Å². The Morgan fingerprint density at radius 2 is 1.93 bits per heavy atom. The Bertz CT molecular complexity index is 153. The molecule has 0 aliphatic rings. The average Bonchev–Trinajstić information content (AvgIpc) is 2.10. The van der Waals surface area contributed by atoms with Crippen LogP contribution in [0.4, 0.5) is 13.2 Å². The van der Waals surface area contributed by atoms with Crippen LogP contribution in [0.15, 0.2) is 0 Å². The molecule has 0 bridgehead atoms. The van der Waals surface area contributed by atoms with Gasteiger partial charge in [0.25, 0.3) is 0 Å². The van der Waals surface area contributed by atoms with Crippen LogP contribution in [0.25, 0.3) is 0 Å². The van der Waals surface area contributed by atoms with Crippen LogP contribution in [0.2, 0.25) is 0 Å². The van der Waals surface area contributed by atoms with Crippen LogP contribution in [0, 0.1) is 0 Å². The minimum absolute atomic E-state index is 0.186. The molecule has 0 fully saturated rings. The molecular formula is C9H18F3NO2. The normalized spacial score (nSPS) is 14.2. The zero-order chi connectivity index (χ0) is 11.7. The summed E-state index contributed by atoms with van der Waals surface area (Å²) in [5.41, 5.74) is 0. The largest absolute Gasteiger partial charge is 0.401 e. The molecule has 0 aliphatic carbocycles. The second-order valence-corrected chi connectivity index (χ2v) is 3.12. The van der Waals surface area contributed by atoms with Crippen LogP contribution in [0.1, 0.15) is 13.8 Å². The Morgan fingerprint density at radius 1 is 1.27 bits per heavy atom. The molecule has 0 aromatic carbocycles. The van der Waals surface area contributed by atoms with Gasteiger partial charge in [0.2, 0.25) is 0 Å². The van der Waals surface area contributed by atoms with E-state index in [1.807, 2.05) is 6.92 Å². The maximum Gasteiger partial charge on any atom is 0.401 e. The maximum absolute atomic E-state index is 11.7. The van der Waals surface area contributed by atoms with Gasteiger partial charge >= 0.3 is 6.18 Å². The topological polar surface area (TPSA) is 30.5 Å². The Morgan fingerprint density at radius 3 is 2.47 bits per heavy atom. The fourth-order valence-electron chi connectivity index (χ4n) is 0.929. The molecule has 0 spiro atoms. The SMILES string of the molecule is CCOCCOC(C)CNCC(F)(F)F. The third kappa shape index (κ3) is 11.6. The van der Waals surface area contributed by atoms with Crippen molar-refractivity contribution in [2.75, 3.05) is 32.9 Å². The third-order valence-electron chi connectivity index (χ3n) is 1.59. The summed E-state index contributed by atoms with van der Waals surface area (Å²) < 4.78 is 45.4. The second-order valence-electron chi connectivity index (χ2n) is 3.12. The maximum atomic E-state index is 11.7. The van der Waals surface area contributed by atoms with Crippen LogP contribution in [0.5, 0.6) is 0 Å². The highest BCUT2D eigenvalue weighted by molar-refractivity contribution is 4.59. The first kappa shape index (κ1) is 14.7. The van der Waals surface area contributed by atoms with Gasteiger partial charge < -0.3 is 14.8 Å². The number of nitrogens with one attached hydrogen (secondary N) is 1. The summed E-state index contributed by atoms with van der Waals surface area (Å²) in [5.74, 6) is 0. The van der Waals surface area contributed by atoms with Crippen molar-refractivity contribution in [1.29, 1.82) is 0 Å². The van der Waals surface area contributed by atoms with Gasteiger partial charge in [0, 0.05) is 13.2 Å². The van der Waals surface area contributed by atoms with Crippen molar-refractivity contribution in [3.8, 4) is 0 Å². The molecular weight excluding hydrogens is 211 g/mol. The van der Waals surface area contributed by atoms with E-state index < -0.39 is 12.7 Å². The van der Waals surface area contributed by atoms with Gasteiger partial charge in [-0.3, -0.25) is 0 Å². The van der Waals surface area contributed by atoms with Crippen molar-refractivity contribution in [3.05, 3.63) is 0 Å². The van der Waals surface area contributed by atoms with E-state index in [0.29, 0.717) is 19.8 Å². The van der Waals surface area contributed by atoms with E-state index in [2.05, 4.69) is 5.32 Å². The molecule has 6 heteroatoms. The minimum Gasteiger partial charge on any atom is -0.379 e. The predicted octanol–water partition coefficient (Wildman–Crippen LogP) is 1.58. The zero-order valence-corrected chi connectivity index (χ0v) is 9.06. The van der Waals surface area contributed by atoms with Crippen molar-refractivity contribution < 1.29 is 22.6 Å². The van der Waals surface area contributed by atoms with Crippen molar-refractivity contribution >= 4 is 0 Å². The second kappa shape index (κ2) is 7.90. The van der Waals surface area contributed by atoms with E-state index in [1.54, 1.807) is 6.92 Å². The Kier molecular flexibility index (Phi) is 7.72. The Labute approximate surface area is 87.9 Å². The molecule has 1 unspecified atom stereocenters. The third-order valence-corrected chi connectivity index (χ3v) is 1.59. The molecule has 0 saturated carbocycles. The standard InChI is InChI=1S/C9H18F3NO2/c1-3-14-4-5-15-8(2)6-13-7-9(10,11)12/h8,13H,3-7H2,1-2H3. The van der Waals surface area contributed by atoms with Gasteiger partial charge in [-0.1, -0.05) is 0 Å². The molecule has 1 N–H and O–H groups in total. The summed E-state index contributed by atoms with van der Waals surface area (Å²) >= 11 is 0. The van der Waals surface area contributed by atoms with Gasteiger partial charge in [0.05, 0.1) is 25.9 Å². The first-order valence-electron chi connectivity index (χ1n) is 4.92. The number of halogens is 3. The van der Waals surface area contributed by atoms with E-state index in [4.69, 9.17) is 9.47 Å². The van der Waals surface area contributed by atoms with Crippen molar-refractivity contribution in [1.82, 2.24) is 5.32 Å². The van der Waals surface area contributed by atoms with Gasteiger partial charge in [-0.15, -0.1) is 0 Å². The summed E-state index contributed by atoms with van der Waals surface area (Å²) in [6, 6.07) is 0. The smallest absolute Gasteiger partial charge is 0.379 e. The number of alkyl halides is 3. The van der Waals surface area contributed by atoms with Crippen molar-refractivity contribution in [3.63, 3.8) is 0 Å². The lowest BCUT2D eigenvalue weighted by atomic mass is 10.4. The van der Waals surface area contributed by atoms with Gasteiger partial charge in [0.1, 0.15) is 0 Å². The van der Waals surface area contributed by atoms with Gasteiger partial charge in [-0.2, -0.15) is 13.2 Å². The highest BCUT2D eigenvalue weighted by atomic mass is 19.4. The molecule has 0 aromatic heterocycles. The van der Waals surface area contributed by atoms with Crippen LogP contribution in [-0.2, 0) is 9.47 Å². The van der Waals surface area contributed by atoms with E-state index in [9.17, 15) is 13.2 Å². The molecule has 1 atom stereocenters. The van der Waals surface area contributed by atoms with Crippen LogP contribution >= 0.6 is 0 Å². The molecule has 0 amide bonds. The fourth-order valence-corrected chi connectivity index (χ4v) is 0.929. The highest BCUT2D eigenvalue weighted by Crippen LogP contribution is 2.11. The van der Waals surface area contributed by atoms with Crippen LogP contribution < -0.4 is 5.32 Å². The first-order valence-corrected chi connectivity index (χ1v) is 4.92. The summed E-state index contributed by atoms with van der Waals surface area (Å²) in [7, 11) is 0. The van der Waals surface area contributed by atoms with E-state index >= 15 is 0 Å². The Hall–Kier alpha value is -0.330. The minimum atomic E-state index is -4.16. The van der Waals surface area contributed by atoms with Gasteiger partial charge in [0.15, 0.2) is 0 Å². The quantitative estimate of drug-likeness (QED) is 0.641. The number of rotatable bonds is 8. The monoisotopic (exact) mass is 229 g/mol. The summed E-state index contributed by atoms with van der Waals surface area (Å²) in [6.07, 6.45) is -4.40. The lowest BCUT2D eigenvalue weighted by molar-refractivity contribution is -0.125. The average molecular weight is 229 g/mol. The van der Waals surface area contributed by atoms with E-state index in [0.717, 1.165) is 0 Å². The summed E-state index contributed by atoms with van der Waals surface area (Å²) in [4.78, 5) is 0. The number of hydrogen-bond acceptors (Lipinski definition) is 3. The Balaban J connectivity index is 3.29. The summed E-state index contributed by atoms with van der Waals surface area (Å²) in [6.45, 7) is 4.29. The van der Waals surface area contributed by atoms with Crippen LogP contribution in [0.3, 0.4) is 0 Å². The molecule has 0 radical (unpaired) electrons. The molecule has 0 rings (SSSR count). The lowest BCUT2D eigenvalue weighted by Gasteiger charge is -2.14. The molecule has 0 heterocycles. The molecule has 3 nitrogen and oxygen atoms in total. The van der Waals surface area contributed by atoms with E-state index in [1.165, 1.54) is 0 Å². The van der Waals surface area contributed by atoms with Crippen molar-refractivity contribution in [2.45, 2.75) is 26.1 Å². The zero-order valence-electron chi connectivity index (χ0n) is 9.06. The highest BCUT2D eigenvalue weighted by Gasteiger charge is 2.26. The number of ether oxygens (including phenoxy) is 2. The molecule has 0 saturated heterocycles. The molecule has 0 aromatic rings. The fraction of sp³-hybridized carbons (Fsp3) is 1.00. The molecule has 92 valence electrons. The lowest BCUT2D eigenvalue weighted by Crippen LogP contribution is -2.35. The van der Waals surface area contributed by atoms with E-state index in [-0.39, 0.29) is 12.6 Å². The summed E-state index contributed by atoms with van der Waals surface area (Å²) in [5, 5.41) is 2.28. The number of hydrogen-bond donors (Lipinski definition) is 1. The van der Waals surface area contributed by atoms with Crippen molar-refractivity contribution in [2.24, 2.45) is 0 Å². The first-order chi connectivity index (χ1) is 6.95. The van der Waals surface area contributed by atoms with Crippen LogP contribution in [-0.4, -0.2) is 45.2 Å². The van der Waals surface area contributed by atoms with Gasteiger partial charge in [-0.25, -0.2) is 0 Å². The predicted molar refractivity (Wildman–Crippen MR) is 50.8 cm³/mol. The molecule has 15 heavy (non-hydrogen) atoms. The molecule has 0 aliphatic heterocycles.